The molecule has 0 unspecified atom stereocenters. The van der Waals surface area contributed by atoms with Crippen molar-refractivity contribution >= 4 is 68.9 Å². The van der Waals surface area contributed by atoms with Crippen LogP contribution in [0.25, 0.3) is 0 Å². The molecular formula is CsO2W. The van der Waals surface area contributed by atoms with Gasteiger partial charge < -0.3 is 0 Å². The number of hydrogen-bond acceptors (Lipinski definition) is 2. The third kappa shape index (κ3) is 8.84. The van der Waals surface area contributed by atoms with Crippen LogP contribution in [0, 0.1) is 0 Å². The van der Waals surface area contributed by atoms with Gasteiger partial charge in [0.15, 0.2) is 0 Å². The van der Waals surface area contributed by atoms with Crippen LogP contribution in [0.2, 0.25) is 0 Å². The van der Waals surface area contributed by atoms with Gasteiger partial charge in [-0.25, -0.2) is 0 Å². The van der Waals surface area contributed by atoms with E-state index in [-0.39, 0.29) is 68.9 Å². The third-order valence-electron chi connectivity index (χ3n) is 0. The Hall–Kier alpha value is 2.34. The van der Waals surface area contributed by atoms with Gasteiger partial charge in [0.2, 0.25) is 0 Å². The third-order valence-corrected chi connectivity index (χ3v) is 0. The second-order valence-electron chi connectivity index (χ2n) is 0.0680. The van der Waals surface area contributed by atoms with E-state index in [1.165, 1.54) is 0 Å². The van der Waals surface area contributed by atoms with E-state index in [1.54, 1.807) is 0 Å². The first-order valence-electron chi connectivity index (χ1n) is 0.333. The van der Waals surface area contributed by atoms with Gasteiger partial charge in [-0.15, -0.1) is 0 Å². The molecule has 0 bridgehead atoms. The van der Waals surface area contributed by atoms with Crippen molar-refractivity contribution < 1.29 is 25.3 Å². The molecule has 4 heteroatoms. The molecule has 0 N–H and O–H groups in total. The fraction of sp³-hybridized carbons (Fsp3) is 0. The quantitative estimate of drug-likeness (QED) is 0.585. The molecule has 0 aromatic rings. The SMILES string of the molecule is [Cs].[O]=[W]=[O]. The van der Waals surface area contributed by atoms with Crippen molar-refractivity contribution in [2.75, 3.05) is 0 Å². The molecule has 0 fully saturated rings. The molecule has 0 aliphatic heterocycles. The molecule has 0 aromatic heterocycles. The molecule has 0 aromatic carbocycles. The second-order valence-corrected chi connectivity index (χ2v) is 0.557. The topological polar surface area (TPSA) is 34.1 Å². The van der Waals surface area contributed by atoms with E-state index >= 15 is 0 Å². The fourth-order valence-corrected chi connectivity index (χ4v) is 0. The average molecular weight is 349 g/mol. The Morgan fingerprint density at radius 2 is 1.25 bits per heavy atom. The molecule has 0 amide bonds. The summed E-state index contributed by atoms with van der Waals surface area (Å²) >= 11 is -2.25. The number of hydrogen-bond donors (Lipinski definition) is 0. The molecule has 19 valence electrons. The van der Waals surface area contributed by atoms with Crippen molar-refractivity contribution in [3.63, 3.8) is 0 Å². The van der Waals surface area contributed by atoms with Crippen LogP contribution >= 0.6 is 0 Å². The zero-order valence-corrected chi connectivity index (χ0v) is 11.4. The van der Waals surface area contributed by atoms with Crippen molar-refractivity contribution in [3.05, 3.63) is 0 Å². The maximum absolute atomic E-state index is 8.54. The first kappa shape index (κ1) is 9.60. The first-order valence-corrected chi connectivity index (χ1v) is 2.73. The van der Waals surface area contributed by atoms with Crippen LogP contribution in [-0.4, -0.2) is 68.9 Å². The van der Waals surface area contributed by atoms with Crippen LogP contribution < -0.4 is 0 Å². The second kappa shape index (κ2) is 9.02. The zero-order chi connectivity index (χ0) is 2.71. The molecule has 1 radical (unpaired) electrons. The van der Waals surface area contributed by atoms with Crippen LogP contribution in [0.3, 0.4) is 0 Å². The van der Waals surface area contributed by atoms with Crippen LogP contribution in [0.1, 0.15) is 0 Å². The predicted molar refractivity (Wildman–Crippen MR) is 7.13 cm³/mol. The van der Waals surface area contributed by atoms with Gasteiger partial charge in [0.1, 0.15) is 0 Å². The Morgan fingerprint density at radius 3 is 1.25 bits per heavy atom. The van der Waals surface area contributed by atoms with Gasteiger partial charge in [0.05, 0.1) is 0 Å². The summed E-state index contributed by atoms with van der Waals surface area (Å²) in [7, 11) is 0. The molecule has 2 nitrogen and oxygen atoms in total. The van der Waals surface area contributed by atoms with Gasteiger partial charge in [0.25, 0.3) is 0 Å². The van der Waals surface area contributed by atoms with E-state index in [2.05, 4.69) is 0 Å². The van der Waals surface area contributed by atoms with Gasteiger partial charge >= 0.3 is 25.3 Å². The van der Waals surface area contributed by atoms with Crippen molar-refractivity contribution in [1.29, 1.82) is 0 Å². The Balaban J connectivity index is 0. The Labute approximate surface area is 91.3 Å². The summed E-state index contributed by atoms with van der Waals surface area (Å²) in [6.07, 6.45) is 0. The molecule has 0 atom stereocenters. The summed E-state index contributed by atoms with van der Waals surface area (Å²) < 4.78 is 17.1. The fourth-order valence-electron chi connectivity index (χ4n) is 0. The predicted octanol–water partition coefficient (Wildman–Crippen LogP) is -0.621. The van der Waals surface area contributed by atoms with E-state index in [4.69, 9.17) is 6.80 Å². The van der Waals surface area contributed by atoms with E-state index in [9.17, 15) is 0 Å². The minimum absolute atomic E-state index is 0. The summed E-state index contributed by atoms with van der Waals surface area (Å²) in [5.74, 6) is 0. The van der Waals surface area contributed by atoms with E-state index in [1.807, 2.05) is 0 Å². The molecule has 0 aliphatic rings. The van der Waals surface area contributed by atoms with Crippen molar-refractivity contribution in [1.82, 2.24) is 0 Å². The van der Waals surface area contributed by atoms with E-state index in [0.717, 1.165) is 0 Å². The summed E-state index contributed by atoms with van der Waals surface area (Å²) in [5.41, 5.74) is 0. The molecule has 0 saturated carbocycles. The van der Waals surface area contributed by atoms with Crippen LogP contribution in [0.15, 0.2) is 0 Å². The Kier molecular flexibility index (Phi) is 21.6. The minimum atomic E-state index is -2.25. The molecule has 0 rings (SSSR count). The summed E-state index contributed by atoms with van der Waals surface area (Å²) in [5, 5.41) is 0. The van der Waals surface area contributed by atoms with Gasteiger partial charge in [-0.2, -0.15) is 0 Å². The van der Waals surface area contributed by atoms with E-state index < -0.39 is 18.5 Å². The van der Waals surface area contributed by atoms with Gasteiger partial charge in [0, 0.05) is 68.9 Å². The summed E-state index contributed by atoms with van der Waals surface area (Å²) in [4.78, 5) is 0. The maximum atomic E-state index is 8.54. The molecule has 4 heavy (non-hydrogen) atoms. The Bertz CT molecular complexity index is 27.0. The van der Waals surface area contributed by atoms with E-state index in [0.29, 0.717) is 0 Å². The molecule has 0 heterocycles. The van der Waals surface area contributed by atoms with Crippen molar-refractivity contribution in [2.45, 2.75) is 0 Å². The molecule has 0 aliphatic carbocycles. The zero-order valence-electron chi connectivity index (χ0n) is 2.22. The first-order chi connectivity index (χ1) is 1.41. The Morgan fingerprint density at radius 1 is 1.25 bits per heavy atom. The molecular weight excluding hydrogens is 349 g/mol. The van der Waals surface area contributed by atoms with Crippen LogP contribution in [0.4, 0.5) is 0 Å². The monoisotopic (exact) mass is 349 g/mol. The normalized spacial score (nSPS) is 3.00. The van der Waals surface area contributed by atoms with Crippen molar-refractivity contribution in [3.8, 4) is 0 Å². The van der Waals surface area contributed by atoms with Crippen LogP contribution in [-0.2, 0) is 25.3 Å². The van der Waals surface area contributed by atoms with Crippen molar-refractivity contribution in [2.24, 2.45) is 0 Å². The van der Waals surface area contributed by atoms with Gasteiger partial charge in [-0.05, 0) is 0 Å². The summed E-state index contributed by atoms with van der Waals surface area (Å²) in [6.45, 7) is 0. The van der Waals surface area contributed by atoms with Gasteiger partial charge in [-0.1, -0.05) is 0 Å². The average Bonchev–Trinajstić information content (AvgIpc) is 0.918. The summed E-state index contributed by atoms with van der Waals surface area (Å²) in [6, 6.07) is 0. The number of rotatable bonds is 0. The standard InChI is InChI=1S/Cs.2O.W. The van der Waals surface area contributed by atoms with Crippen LogP contribution in [0.5, 0.6) is 0 Å². The van der Waals surface area contributed by atoms with Gasteiger partial charge in [-0.3, -0.25) is 0 Å². The molecule has 0 saturated heterocycles. The molecule has 0 spiro atoms.